The molecule has 20 heavy (non-hydrogen) atoms. The van der Waals surface area contributed by atoms with Gasteiger partial charge in [0.1, 0.15) is 0 Å². The zero-order chi connectivity index (χ0) is 14.1. The lowest BCUT2D eigenvalue weighted by Crippen LogP contribution is -2.16. The minimum Gasteiger partial charge on any atom is -0.317 e. The van der Waals surface area contributed by atoms with Crippen LogP contribution in [0, 0.1) is 0 Å². The second-order valence-electron chi connectivity index (χ2n) is 6.76. The number of hydrogen-bond acceptors (Lipinski definition) is 1. The number of hydrogen-bond donors (Lipinski definition) is 1. The van der Waals surface area contributed by atoms with Gasteiger partial charge in [0.25, 0.3) is 0 Å². The topological polar surface area (TPSA) is 12.0 Å². The molecule has 120 valence electrons. The Balaban J connectivity index is 2.00. The summed E-state index contributed by atoms with van der Waals surface area (Å²) in [5, 5.41) is 3.61. The van der Waals surface area contributed by atoms with Crippen LogP contribution in [0.2, 0.25) is 0 Å². The molecule has 0 aromatic carbocycles. The quantitative estimate of drug-likeness (QED) is 0.555. The van der Waals surface area contributed by atoms with Crippen molar-refractivity contribution in [2.75, 3.05) is 13.1 Å². The molecule has 0 saturated carbocycles. The summed E-state index contributed by atoms with van der Waals surface area (Å²) in [6.07, 6.45) is 24.9. The third kappa shape index (κ3) is 13.0. The summed E-state index contributed by atoms with van der Waals surface area (Å²) in [6.45, 7) is 2.50. The molecule has 0 aromatic rings. The summed E-state index contributed by atoms with van der Waals surface area (Å²) >= 11 is 0. The molecule has 1 heteroatoms. The molecule has 1 aliphatic rings. The van der Waals surface area contributed by atoms with Gasteiger partial charge in [-0.1, -0.05) is 96.3 Å². The number of nitrogens with one attached hydrogen (secondary N) is 1. The first-order chi connectivity index (χ1) is 10.0. The minimum atomic E-state index is 1.25. The van der Waals surface area contributed by atoms with Gasteiger partial charge in [-0.3, -0.25) is 0 Å². The van der Waals surface area contributed by atoms with Gasteiger partial charge in [0.15, 0.2) is 0 Å². The summed E-state index contributed by atoms with van der Waals surface area (Å²) in [4.78, 5) is 0. The SMILES string of the molecule is C1CCCCCCCCCNCCCCCCCCC1. The van der Waals surface area contributed by atoms with E-state index in [2.05, 4.69) is 5.32 Å². The Morgan fingerprint density at radius 3 is 0.700 bits per heavy atom. The maximum absolute atomic E-state index is 3.61. The van der Waals surface area contributed by atoms with E-state index in [0.29, 0.717) is 0 Å². The van der Waals surface area contributed by atoms with Crippen LogP contribution in [0.3, 0.4) is 0 Å². The van der Waals surface area contributed by atoms with Crippen LogP contribution in [-0.4, -0.2) is 13.1 Å². The molecule has 0 radical (unpaired) electrons. The largest absolute Gasteiger partial charge is 0.317 e. The predicted octanol–water partition coefficient (Wildman–Crippen LogP) is 6.22. The van der Waals surface area contributed by atoms with Gasteiger partial charge < -0.3 is 5.32 Å². The first kappa shape index (κ1) is 18.0. The maximum atomic E-state index is 3.61. The number of rotatable bonds is 0. The van der Waals surface area contributed by atoms with Crippen LogP contribution in [-0.2, 0) is 0 Å². The van der Waals surface area contributed by atoms with Crippen molar-refractivity contribution in [1.82, 2.24) is 5.32 Å². The third-order valence-electron chi connectivity index (χ3n) is 4.71. The average Bonchev–Trinajstić information content (AvgIpc) is 2.46. The van der Waals surface area contributed by atoms with Crippen LogP contribution in [0.5, 0.6) is 0 Å². The summed E-state index contributed by atoms with van der Waals surface area (Å²) in [5.41, 5.74) is 0. The molecule has 0 atom stereocenters. The van der Waals surface area contributed by atoms with Gasteiger partial charge in [0.2, 0.25) is 0 Å². The average molecular weight is 282 g/mol. The molecule has 0 spiro atoms. The van der Waals surface area contributed by atoms with Crippen LogP contribution in [0.15, 0.2) is 0 Å². The molecule has 1 rings (SSSR count). The third-order valence-corrected chi connectivity index (χ3v) is 4.71. The molecule has 0 aromatic heterocycles. The van der Waals surface area contributed by atoms with E-state index in [0.717, 1.165) is 0 Å². The van der Waals surface area contributed by atoms with Crippen LogP contribution < -0.4 is 5.32 Å². The van der Waals surface area contributed by atoms with Gasteiger partial charge in [0.05, 0.1) is 0 Å². The van der Waals surface area contributed by atoms with Crippen molar-refractivity contribution in [3.8, 4) is 0 Å². The highest BCUT2D eigenvalue weighted by Crippen LogP contribution is 2.14. The fourth-order valence-corrected chi connectivity index (χ4v) is 3.28. The smallest absolute Gasteiger partial charge is 0.00489 e. The summed E-state index contributed by atoms with van der Waals surface area (Å²) < 4.78 is 0. The Kier molecular flexibility index (Phi) is 13.8. The Morgan fingerprint density at radius 1 is 0.250 bits per heavy atom. The Labute approximate surface area is 128 Å². The van der Waals surface area contributed by atoms with Crippen molar-refractivity contribution in [3.63, 3.8) is 0 Å². The summed E-state index contributed by atoms with van der Waals surface area (Å²) in [5.74, 6) is 0. The lowest BCUT2D eigenvalue weighted by Gasteiger charge is -2.06. The van der Waals surface area contributed by atoms with E-state index in [9.17, 15) is 0 Å². The van der Waals surface area contributed by atoms with Crippen molar-refractivity contribution < 1.29 is 0 Å². The van der Waals surface area contributed by atoms with Crippen LogP contribution in [0.25, 0.3) is 0 Å². The zero-order valence-corrected chi connectivity index (χ0v) is 13.9. The van der Waals surface area contributed by atoms with E-state index in [1.165, 1.54) is 122 Å². The highest BCUT2D eigenvalue weighted by atomic mass is 14.8. The van der Waals surface area contributed by atoms with Crippen molar-refractivity contribution in [2.24, 2.45) is 0 Å². The highest BCUT2D eigenvalue weighted by molar-refractivity contribution is 4.53. The maximum Gasteiger partial charge on any atom is -0.00489 e. The molecule has 0 amide bonds. The van der Waals surface area contributed by atoms with Gasteiger partial charge >= 0.3 is 0 Å². The second-order valence-corrected chi connectivity index (χ2v) is 6.76. The molecule has 1 nitrogen and oxygen atoms in total. The lowest BCUT2D eigenvalue weighted by molar-refractivity contribution is 0.509. The van der Waals surface area contributed by atoms with E-state index in [1.54, 1.807) is 0 Å². The molecular weight excluding hydrogens is 242 g/mol. The molecule has 1 heterocycles. The summed E-state index contributed by atoms with van der Waals surface area (Å²) in [7, 11) is 0. The van der Waals surface area contributed by atoms with Crippen molar-refractivity contribution in [3.05, 3.63) is 0 Å². The Bertz CT molecular complexity index is 92.2. The Morgan fingerprint density at radius 2 is 0.450 bits per heavy atom. The van der Waals surface area contributed by atoms with Gasteiger partial charge in [-0.15, -0.1) is 0 Å². The van der Waals surface area contributed by atoms with Gasteiger partial charge in [-0.25, -0.2) is 0 Å². The highest BCUT2D eigenvalue weighted by Gasteiger charge is 1.96. The molecule has 1 fully saturated rings. The van der Waals surface area contributed by atoms with E-state index in [1.807, 2.05) is 0 Å². The van der Waals surface area contributed by atoms with Crippen molar-refractivity contribution in [2.45, 2.75) is 109 Å². The fraction of sp³-hybridized carbons (Fsp3) is 1.00. The fourth-order valence-electron chi connectivity index (χ4n) is 3.28. The molecule has 0 unspecified atom stereocenters. The van der Waals surface area contributed by atoms with Crippen LogP contribution in [0.4, 0.5) is 0 Å². The minimum absolute atomic E-state index is 1.25. The molecule has 0 aliphatic carbocycles. The first-order valence-electron chi connectivity index (χ1n) is 9.71. The Hall–Kier alpha value is -0.0400. The summed E-state index contributed by atoms with van der Waals surface area (Å²) in [6, 6.07) is 0. The van der Waals surface area contributed by atoms with E-state index in [-0.39, 0.29) is 0 Å². The van der Waals surface area contributed by atoms with E-state index in [4.69, 9.17) is 0 Å². The standard InChI is InChI=1S/C19H39N/c1-2-4-6-8-10-12-14-16-18-20-19-17-15-13-11-9-7-5-3-1/h20H,1-19H2. The molecule has 1 N–H and O–H groups in total. The molecular formula is C19H39N. The van der Waals surface area contributed by atoms with Gasteiger partial charge in [0, 0.05) is 0 Å². The van der Waals surface area contributed by atoms with Crippen molar-refractivity contribution >= 4 is 0 Å². The molecule has 0 bridgehead atoms. The molecule has 1 aliphatic heterocycles. The van der Waals surface area contributed by atoms with Gasteiger partial charge in [-0.05, 0) is 25.9 Å². The van der Waals surface area contributed by atoms with E-state index >= 15 is 0 Å². The van der Waals surface area contributed by atoms with Crippen LogP contribution >= 0.6 is 0 Å². The monoisotopic (exact) mass is 281 g/mol. The normalized spacial score (nSPS) is 24.0. The first-order valence-corrected chi connectivity index (χ1v) is 9.71. The van der Waals surface area contributed by atoms with E-state index < -0.39 is 0 Å². The second kappa shape index (κ2) is 15.4. The predicted molar refractivity (Wildman–Crippen MR) is 91.4 cm³/mol. The molecule has 1 saturated heterocycles. The lowest BCUT2D eigenvalue weighted by atomic mass is 10.0. The van der Waals surface area contributed by atoms with Crippen molar-refractivity contribution in [1.29, 1.82) is 0 Å². The zero-order valence-electron chi connectivity index (χ0n) is 13.9. The van der Waals surface area contributed by atoms with Crippen LogP contribution in [0.1, 0.15) is 109 Å². The van der Waals surface area contributed by atoms with Gasteiger partial charge in [-0.2, -0.15) is 0 Å².